The number of hydrogen-bond donors (Lipinski definition) is 1. The van der Waals surface area contributed by atoms with E-state index >= 15 is 0 Å². The first-order valence-corrected chi connectivity index (χ1v) is 11.6. The summed E-state index contributed by atoms with van der Waals surface area (Å²) in [5.74, 6) is 0.444. The lowest BCUT2D eigenvalue weighted by Gasteiger charge is -2.05. The predicted molar refractivity (Wildman–Crippen MR) is 116 cm³/mol. The molecular formula is C22H25N3O5S. The molecule has 0 saturated heterocycles. The summed E-state index contributed by atoms with van der Waals surface area (Å²) < 4.78 is 35.2. The highest BCUT2D eigenvalue weighted by Crippen LogP contribution is 2.18. The second kappa shape index (κ2) is 10.2. The number of carbonyl (C=O) groups excluding carboxylic acids is 1. The summed E-state index contributed by atoms with van der Waals surface area (Å²) in [6.07, 6.45) is 1.63. The first kappa shape index (κ1) is 22.5. The van der Waals surface area contributed by atoms with Gasteiger partial charge in [0.2, 0.25) is 11.8 Å². The summed E-state index contributed by atoms with van der Waals surface area (Å²) in [7, 11) is -1.96. The maximum atomic E-state index is 12.4. The fourth-order valence-corrected chi connectivity index (χ4v) is 4.26. The normalized spacial score (nSPS) is 11.3. The Kier molecular flexibility index (Phi) is 7.41. The molecule has 0 unspecified atom stereocenters. The molecule has 9 heteroatoms. The fourth-order valence-electron chi connectivity index (χ4n) is 2.95. The van der Waals surface area contributed by atoms with Crippen molar-refractivity contribution in [2.75, 3.05) is 18.2 Å². The Morgan fingerprint density at radius 3 is 2.35 bits per heavy atom. The Morgan fingerprint density at radius 1 is 1.03 bits per heavy atom. The number of benzene rings is 2. The summed E-state index contributed by atoms with van der Waals surface area (Å²) in [4.78, 5) is 12.3. The third kappa shape index (κ3) is 6.39. The highest BCUT2D eigenvalue weighted by atomic mass is 32.2. The fraction of sp³-hybridized carbons (Fsp3) is 0.318. The highest BCUT2D eigenvalue weighted by molar-refractivity contribution is 7.91. The molecule has 31 heavy (non-hydrogen) atoms. The van der Waals surface area contributed by atoms with Crippen LogP contribution in [-0.4, -0.2) is 37.4 Å². The van der Waals surface area contributed by atoms with Gasteiger partial charge in [-0.15, -0.1) is 5.10 Å². The Hall–Kier alpha value is -3.20. The predicted octanol–water partition coefficient (Wildman–Crippen LogP) is 3.42. The molecule has 1 N–H and O–H groups in total. The maximum absolute atomic E-state index is 12.4. The Bertz CT molecular complexity index is 1110. The Morgan fingerprint density at radius 2 is 1.71 bits per heavy atom. The zero-order valence-corrected chi connectivity index (χ0v) is 18.3. The Balaban J connectivity index is 1.47. The molecule has 3 aromatic rings. The first-order valence-electron chi connectivity index (χ1n) is 9.96. The minimum absolute atomic E-state index is 0.00295. The first-order chi connectivity index (χ1) is 14.9. The monoisotopic (exact) mass is 443 g/mol. The van der Waals surface area contributed by atoms with E-state index in [0.717, 1.165) is 12.0 Å². The van der Waals surface area contributed by atoms with Gasteiger partial charge in [-0.05, 0) is 48.2 Å². The molecule has 1 aromatic heterocycles. The lowest BCUT2D eigenvalue weighted by atomic mass is 10.1. The molecule has 0 fully saturated rings. The van der Waals surface area contributed by atoms with Gasteiger partial charge in [0.25, 0.3) is 0 Å². The van der Waals surface area contributed by atoms with Crippen LogP contribution in [0, 0.1) is 0 Å². The van der Waals surface area contributed by atoms with Gasteiger partial charge in [0.1, 0.15) is 5.75 Å². The lowest BCUT2D eigenvalue weighted by molar-refractivity contribution is -0.116. The van der Waals surface area contributed by atoms with Crippen LogP contribution in [0.5, 0.6) is 5.75 Å². The minimum atomic E-state index is -3.48. The molecule has 0 aliphatic rings. The van der Waals surface area contributed by atoms with Crippen molar-refractivity contribution in [1.82, 2.24) is 10.2 Å². The van der Waals surface area contributed by atoms with Crippen molar-refractivity contribution in [3.8, 4) is 5.75 Å². The van der Waals surface area contributed by atoms with Crippen LogP contribution in [-0.2, 0) is 27.5 Å². The van der Waals surface area contributed by atoms with Gasteiger partial charge in [0, 0.05) is 6.42 Å². The van der Waals surface area contributed by atoms with Crippen LogP contribution in [0.2, 0.25) is 0 Å². The molecule has 0 aliphatic heterocycles. The summed E-state index contributed by atoms with van der Waals surface area (Å²) in [6, 6.07) is 14.3. The third-order valence-corrected chi connectivity index (χ3v) is 6.55. The van der Waals surface area contributed by atoms with E-state index in [1.807, 2.05) is 24.3 Å². The van der Waals surface area contributed by atoms with Crippen LogP contribution < -0.4 is 10.1 Å². The zero-order chi connectivity index (χ0) is 22.3. The van der Waals surface area contributed by atoms with Crippen molar-refractivity contribution in [3.05, 3.63) is 65.5 Å². The van der Waals surface area contributed by atoms with E-state index in [-0.39, 0.29) is 35.4 Å². The van der Waals surface area contributed by atoms with Crippen LogP contribution in [0.25, 0.3) is 0 Å². The number of methoxy groups -OCH3 is 1. The summed E-state index contributed by atoms with van der Waals surface area (Å²) in [5.41, 5.74) is 2.28. The SMILES string of the molecule is CCc1ccc(Cc2nnc(NC(=O)CCCS(=O)(=O)c3ccc(OC)cc3)o2)cc1. The molecule has 0 saturated carbocycles. The number of aryl methyl sites for hydroxylation is 1. The molecule has 8 nitrogen and oxygen atoms in total. The molecule has 1 amide bonds. The highest BCUT2D eigenvalue weighted by Gasteiger charge is 2.16. The van der Waals surface area contributed by atoms with E-state index in [4.69, 9.17) is 9.15 Å². The molecule has 1 heterocycles. The smallest absolute Gasteiger partial charge is 0.322 e. The standard InChI is InChI=1S/C22H25N3O5S/c1-3-16-6-8-17(9-7-16)15-21-24-25-22(30-21)23-20(26)5-4-14-31(27,28)19-12-10-18(29-2)11-13-19/h6-13H,3-5,14-15H2,1-2H3,(H,23,25,26). The Labute approximate surface area is 181 Å². The largest absolute Gasteiger partial charge is 0.497 e. The van der Waals surface area contributed by atoms with Gasteiger partial charge >= 0.3 is 6.01 Å². The van der Waals surface area contributed by atoms with E-state index in [1.54, 1.807) is 12.1 Å². The van der Waals surface area contributed by atoms with Gasteiger partial charge in [-0.25, -0.2) is 8.42 Å². The third-order valence-electron chi connectivity index (χ3n) is 4.74. The van der Waals surface area contributed by atoms with Crippen molar-refractivity contribution in [2.24, 2.45) is 0 Å². The topological polar surface area (TPSA) is 111 Å². The average molecular weight is 444 g/mol. The van der Waals surface area contributed by atoms with Crippen molar-refractivity contribution >= 4 is 21.8 Å². The van der Waals surface area contributed by atoms with Crippen molar-refractivity contribution in [1.29, 1.82) is 0 Å². The average Bonchev–Trinajstić information content (AvgIpc) is 3.20. The molecule has 3 rings (SSSR count). The zero-order valence-electron chi connectivity index (χ0n) is 17.5. The number of nitrogens with zero attached hydrogens (tertiary/aromatic N) is 2. The lowest BCUT2D eigenvalue weighted by Crippen LogP contribution is -2.14. The number of anilines is 1. The van der Waals surface area contributed by atoms with Crippen LogP contribution in [0.4, 0.5) is 6.01 Å². The van der Waals surface area contributed by atoms with Gasteiger partial charge in [0.15, 0.2) is 9.84 Å². The van der Waals surface area contributed by atoms with Crippen LogP contribution in [0.3, 0.4) is 0 Å². The molecular weight excluding hydrogens is 418 g/mol. The number of hydrogen-bond acceptors (Lipinski definition) is 7. The number of carbonyl (C=O) groups is 1. The van der Waals surface area contributed by atoms with Crippen LogP contribution in [0.15, 0.2) is 57.8 Å². The molecule has 0 spiro atoms. The van der Waals surface area contributed by atoms with E-state index in [9.17, 15) is 13.2 Å². The van der Waals surface area contributed by atoms with Gasteiger partial charge in [0.05, 0.1) is 24.2 Å². The van der Waals surface area contributed by atoms with E-state index < -0.39 is 9.84 Å². The van der Waals surface area contributed by atoms with Crippen molar-refractivity contribution < 1.29 is 22.4 Å². The second-order valence-electron chi connectivity index (χ2n) is 6.99. The van der Waals surface area contributed by atoms with Gasteiger partial charge < -0.3 is 9.15 Å². The summed E-state index contributed by atoms with van der Waals surface area (Å²) in [5, 5.41) is 10.3. The molecule has 0 atom stereocenters. The molecule has 0 bridgehead atoms. The van der Waals surface area contributed by atoms with E-state index in [1.165, 1.54) is 24.8 Å². The number of aromatic nitrogens is 2. The second-order valence-corrected chi connectivity index (χ2v) is 9.10. The van der Waals surface area contributed by atoms with E-state index in [2.05, 4.69) is 22.4 Å². The number of nitrogens with one attached hydrogen (secondary N) is 1. The molecule has 0 radical (unpaired) electrons. The van der Waals surface area contributed by atoms with Crippen molar-refractivity contribution in [2.45, 2.75) is 37.5 Å². The van der Waals surface area contributed by atoms with Gasteiger partial charge in [-0.1, -0.05) is 36.3 Å². The van der Waals surface area contributed by atoms with Gasteiger partial charge in [-0.3, -0.25) is 10.1 Å². The minimum Gasteiger partial charge on any atom is -0.497 e. The van der Waals surface area contributed by atoms with Crippen molar-refractivity contribution in [3.63, 3.8) is 0 Å². The maximum Gasteiger partial charge on any atom is 0.322 e. The number of ether oxygens (including phenoxy) is 1. The van der Waals surface area contributed by atoms with Crippen LogP contribution >= 0.6 is 0 Å². The summed E-state index contributed by atoms with van der Waals surface area (Å²) in [6.45, 7) is 2.09. The molecule has 2 aromatic carbocycles. The molecule has 0 aliphatic carbocycles. The van der Waals surface area contributed by atoms with E-state index in [0.29, 0.717) is 18.1 Å². The number of amides is 1. The number of rotatable bonds is 10. The number of sulfone groups is 1. The van der Waals surface area contributed by atoms with Gasteiger partial charge in [-0.2, -0.15) is 0 Å². The molecule has 164 valence electrons. The quantitative estimate of drug-likeness (QED) is 0.511. The van der Waals surface area contributed by atoms with Crippen LogP contribution in [0.1, 0.15) is 36.8 Å². The summed E-state index contributed by atoms with van der Waals surface area (Å²) >= 11 is 0.